The first-order valence-corrected chi connectivity index (χ1v) is 11.4. The van der Waals surface area contributed by atoms with Crippen LogP contribution in [0.1, 0.15) is 70.9 Å². The summed E-state index contributed by atoms with van der Waals surface area (Å²) in [6.07, 6.45) is 16.3. The average Bonchev–Trinajstić information content (AvgIpc) is 3.04. The fourth-order valence-electron chi connectivity index (χ4n) is 7.75. The van der Waals surface area contributed by atoms with E-state index in [0.29, 0.717) is 22.8 Å². The van der Waals surface area contributed by atoms with Gasteiger partial charge in [-0.25, -0.2) is 0 Å². The molecule has 1 amide bonds. The molecule has 0 aromatic carbocycles. The lowest BCUT2D eigenvalue weighted by Gasteiger charge is -2.60. The van der Waals surface area contributed by atoms with Gasteiger partial charge in [0.15, 0.2) is 0 Å². The van der Waals surface area contributed by atoms with Gasteiger partial charge in [-0.3, -0.25) is 9.78 Å². The fraction of sp³-hybridized carbons (Fsp3) is 0.680. The number of hydrogen-bond acceptors (Lipinski definition) is 2. The molecule has 0 radical (unpaired) electrons. The summed E-state index contributed by atoms with van der Waals surface area (Å²) in [4.78, 5) is 16.4. The van der Waals surface area contributed by atoms with Gasteiger partial charge in [0.1, 0.15) is 0 Å². The van der Waals surface area contributed by atoms with Gasteiger partial charge in [0.25, 0.3) is 0 Å². The molecular formula is C25H34N2O. The molecule has 0 bridgehead atoms. The van der Waals surface area contributed by atoms with Crippen molar-refractivity contribution < 1.29 is 4.79 Å². The molecule has 1 unspecified atom stereocenters. The zero-order chi connectivity index (χ0) is 19.4. The molecule has 3 aliphatic carbocycles. The maximum Gasteiger partial charge on any atom is 0.220 e. The molecule has 4 fully saturated rings. The van der Waals surface area contributed by atoms with Gasteiger partial charge in [-0.1, -0.05) is 26.0 Å². The van der Waals surface area contributed by atoms with Gasteiger partial charge in [0.2, 0.25) is 5.91 Å². The second kappa shape index (κ2) is 6.71. The molecule has 0 spiro atoms. The van der Waals surface area contributed by atoms with Crippen molar-refractivity contribution in [1.29, 1.82) is 0 Å². The van der Waals surface area contributed by atoms with E-state index in [1.165, 1.54) is 38.5 Å². The summed E-state index contributed by atoms with van der Waals surface area (Å²) in [5.74, 6) is 3.45. The van der Waals surface area contributed by atoms with Crippen LogP contribution in [-0.2, 0) is 4.79 Å². The van der Waals surface area contributed by atoms with Gasteiger partial charge in [0, 0.05) is 18.7 Å². The van der Waals surface area contributed by atoms with Crippen molar-refractivity contribution in [2.45, 2.75) is 71.3 Å². The largest absolute Gasteiger partial charge is 0.353 e. The number of amides is 1. The van der Waals surface area contributed by atoms with E-state index in [9.17, 15) is 4.79 Å². The molecule has 3 saturated carbocycles. The van der Waals surface area contributed by atoms with E-state index in [1.807, 2.05) is 12.3 Å². The van der Waals surface area contributed by atoms with Crippen LogP contribution in [0.4, 0.5) is 0 Å². The van der Waals surface area contributed by atoms with Crippen molar-refractivity contribution >= 4 is 12.0 Å². The number of nitrogens with one attached hydrogen (secondary N) is 1. The Kier molecular flexibility index (Phi) is 4.41. The maximum absolute atomic E-state index is 12.0. The number of piperidine rings is 1. The van der Waals surface area contributed by atoms with E-state index < -0.39 is 0 Å². The third kappa shape index (κ3) is 2.76. The van der Waals surface area contributed by atoms with Crippen molar-refractivity contribution in [3.63, 3.8) is 0 Å². The molecule has 150 valence electrons. The number of pyridine rings is 1. The molecule has 4 aliphatic rings. The van der Waals surface area contributed by atoms with Crippen LogP contribution in [0.2, 0.25) is 0 Å². The van der Waals surface area contributed by atoms with Crippen LogP contribution >= 0.6 is 0 Å². The first kappa shape index (κ1) is 18.4. The molecule has 1 aliphatic heterocycles. The lowest BCUT2D eigenvalue weighted by atomic mass is 9.47. The standard InChI is InChI=1S/C25H34N2O/c1-24-14-12-21-19(9-11-22-25(21,2)15-13-23(28)27-22)20(24)10-7-17(24)6-8-18-5-3-4-16-26-18/h3-6,8,16-17,19-22H,7,9-15H2,1-2H3,(H,27,28)/b8-6+/t17-,19-,20-,21-,22?,24+,25+/m0/s1. The SMILES string of the molecule is C[C@]12CC[C@H]3[C@@H](CCC4NC(=O)CC[C@@]43C)[C@@H]1CC[C@@H]2/C=C/c1ccccn1. The Morgan fingerprint density at radius 1 is 1.04 bits per heavy atom. The van der Waals surface area contributed by atoms with Crippen LogP contribution in [0, 0.1) is 34.5 Å². The molecule has 1 aromatic heterocycles. The van der Waals surface area contributed by atoms with E-state index in [-0.39, 0.29) is 5.91 Å². The summed E-state index contributed by atoms with van der Waals surface area (Å²) in [6, 6.07) is 6.57. The highest BCUT2D eigenvalue weighted by molar-refractivity contribution is 5.77. The van der Waals surface area contributed by atoms with Gasteiger partial charge in [-0.05, 0) is 97.7 Å². The zero-order valence-corrected chi connectivity index (χ0v) is 17.4. The average molecular weight is 379 g/mol. The highest BCUT2D eigenvalue weighted by Gasteiger charge is 2.59. The third-order valence-corrected chi connectivity index (χ3v) is 9.36. The topological polar surface area (TPSA) is 42.0 Å². The van der Waals surface area contributed by atoms with Crippen LogP contribution in [-0.4, -0.2) is 16.9 Å². The lowest BCUT2D eigenvalue weighted by Crippen LogP contribution is -2.61. The van der Waals surface area contributed by atoms with Gasteiger partial charge in [-0.2, -0.15) is 0 Å². The number of nitrogens with zero attached hydrogens (tertiary/aromatic N) is 1. The molecule has 3 nitrogen and oxygen atoms in total. The number of carbonyl (C=O) groups excluding carboxylic acids is 1. The van der Waals surface area contributed by atoms with E-state index in [1.54, 1.807) is 0 Å². The summed E-state index contributed by atoms with van der Waals surface area (Å²) in [5.41, 5.74) is 1.84. The molecule has 5 rings (SSSR count). The van der Waals surface area contributed by atoms with Crippen LogP contribution in [0.15, 0.2) is 30.5 Å². The van der Waals surface area contributed by atoms with E-state index in [2.05, 4.69) is 48.4 Å². The second-order valence-electron chi connectivity index (χ2n) is 10.4. The molecular weight excluding hydrogens is 344 g/mol. The third-order valence-electron chi connectivity index (χ3n) is 9.36. The van der Waals surface area contributed by atoms with Crippen molar-refractivity contribution in [2.75, 3.05) is 0 Å². The molecule has 28 heavy (non-hydrogen) atoms. The fourth-order valence-corrected chi connectivity index (χ4v) is 7.75. The Bertz CT molecular complexity index is 774. The predicted octanol–water partition coefficient (Wildman–Crippen LogP) is 5.23. The minimum atomic E-state index is 0.280. The van der Waals surface area contributed by atoms with Gasteiger partial charge < -0.3 is 5.32 Å². The Balaban J connectivity index is 1.37. The monoisotopic (exact) mass is 378 g/mol. The Labute approximate surface area is 169 Å². The number of aromatic nitrogens is 1. The van der Waals surface area contributed by atoms with Gasteiger partial charge in [-0.15, -0.1) is 0 Å². The Hall–Kier alpha value is -1.64. The van der Waals surface area contributed by atoms with Gasteiger partial charge >= 0.3 is 0 Å². The van der Waals surface area contributed by atoms with Gasteiger partial charge in [0.05, 0.1) is 5.69 Å². The molecule has 7 atom stereocenters. The molecule has 1 saturated heterocycles. The number of carbonyl (C=O) groups is 1. The molecule has 1 aromatic rings. The highest BCUT2D eigenvalue weighted by atomic mass is 16.1. The lowest BCUT2D eigenvalue weighted by molar-refractivity contribution is -0.136. The summed E-state index contributed by atoms with van der Waals surface area (Å²) < 4.78 is 0. The first-order valence-electron chi connectivity index (χ1n) is 11.4. The number of rotatable bonds is 2. The normalized spacial score (nSPS) is 45.2. The summed E-state index contributed by atoms with van der Waals surface area (Å²) in [6.45, 7) is 5.06. The number of allylic oxidation sites excluding steroid dienone is 1. The Morgan fingerprint density at radius 2 is 1.89 bits per heavy atom. The summed E-state index contributed by atoms with van der Waals surface area (Å²) >= 11 is 0. The van der Waals surface area contributed by atoms with E-state index in [4.69, 9.17) is 0 Å². The van der Waals surface area contributed by atoms with Crippen LogP contribution in [0.25, 0.3) is 6.08 Å². The Morgan fingerprint density at radius 3 is 2.71 bits per heavy atom. The number of hydrogen-bond donors (Lipinski definition) is 1. The molecule has 3 heteroatoms. The maximum atomic E-state index is 12.0. The quantitative estimate of drug-likeness (QED) is 0.765. The second-order valence-corrected chi connectivity index (χ2v) is 10.4. The smallest absolute Gasteiger partial charge is 0.220 e. The van der Waals surface area contributed by atoms with Crippen molar-refractivity contribution in [2.24, 2.45) is 34.5 Å². The summed E-state index contributed by atoms with van der Waals surface area (Å²) in [5, 5.41) is 3.35. The zero-order valence-electron chi connectivity index (χ0n) is 17.4. The molecule has 2 heterocycles. The van der Waals surface area contributed by atoms with Crippen molar-refractivity contribution in [3.8, 4) is 0 Å². The van der Waals surface area contributed by atoms with Crippen LogP contribution in [0.3, 0.4) is 0 Å². The van der Waals surface area contributed by atoms with Crippen molar-refractivity contribution in [1.82, 2.24) is 10.3 Å². The summed E-state index contributed by atoms with van der Waals surface area (Å²) in [7, 11) is 0. The molecule has 1 N–H and O–H groups in total. The van der Waals surface area contributed by atoms with E-state index in [0.717, 1.165) is 36.3 Å². The van der Waals surface area contributed by atoms with Crippen molar-refractivity contribution in [3.05, 3.63) is 36.2 Å². The minimum absolute atomic E-state index is 0.280. The van der Waals surface area contributed by atoms with Crippen LogP contribution in [0.5, 0.6) is 0 Å². The number of fused-ring (bicyclic) bond motifs is 5. The van der Waals surface area contributed by atoms with Crippen LogP contribution < -0.4 is 5.32 Å². The predicted molar refractivity (Wildman–Crippen MR) is 112 cm³/mol. The first-order chi connectivity index (χ1) is 13.5. The minimum Gasteiger partial charge on any atom is -0.353 e. The highest BCUT2D eigenvalue weighted by Crippen LogP contribution is 2.65. The van der Waals surface area contributed by atoms with E-state index >= 15 is 0 Å².